The number of benzene rings is 2. The second kappa shape index (κ2) is 9.49. The van der Waals surface area contributed by atoms with E-state index in [-0.39, 0.29) is 29.6 Å². The van der Waals surface area contributed by atoms with E-state index >= 15 is 0 Å². The van der Waals surface area contributed by atoms with E-state index < -0.39 is 23.6 Å². The molecule has 5 nitrogen and oxygen atoms in total. The van der Waals surface area contributed by atoms with Gasteiger partial charge >= 0.3 is 6.18 Å². The lowest BCUT2D eigenvalue weighted by atomic mass is 9.82. The van der Waals surface area contributed by atoms with E-state index in [0.717, 1.165) is 12.1 Å². The van der Waals surface area contributed by atoms with Crippen LogP contribution in [0.5, 0.6) is 0 Å². The van der Waals surface area contributed by atoms with Crippen LogP contribution in [0.25, 0.3) is 0 Å². The Morgan fingerprint density at radius 1 is 1.21 bits per heavy atom. The summed E-state index contributed by atoms with van der Waals surface area (Å²) in [5, 5.41) is 11.9. The van der Waals surface area contributed by atoms with Gasteiger partial charge in [0.2, 0.25) is 11.8 Å². The number of alkyl halides is 3. The molecule has 0 radical (unpaired) electrons. The maximum atomic E-state index is 13.3. The van der Waals surface area contributed by atoms with E-state index in [2.05, 4.69) is 5.32 Å². The molecule has 0 fully saturated rings. The number of allylic oxidation sites excluding steroid dienone is 1. The largest absolute Gasteiger partial charge is 0.416 e. The van der Waals surface area contributed by atoms with Crippen LogP contribution in [-0.2, 0) is 15.8 Å². The average Bonchev–Trinajstić information content (AvgIpc) is 2.77. The Morgan fingerprint density at radius 3 is 2.45 bits per heavy atom. The van der Waals surface area contributed by atoms with Gasteiger partial charge in [-0.15, -0.1) is 0 Å². The standard InChI is InChI=1S/C25H24F3N3O2/c1-15(2)14-30-24(33)23-16(3)31(20-6-4-5-19(11-20)25(26,27)28)22(32)12-21(23)18-9-7-17(13-29)8-10-18/h4-11,15,21H,12,14H2,1-3H3,(H,30,33). The maximum Gasteiger partial charge on any atom is 0.416 e. The van der Waals surface area contributed by atoms with Crippen LogP contribution in [0.3, 0.4) is 0 Å². The highest BCUT2D eigenvalue weighted by molar-refractivity contribution is 6.06. The number of anilines is 1. The van der Waals surface area contributed by atoms with E-state index in [1.54, 1.807) is 31.2 Å². The summed E-state index contributed by atoms with van der Waals surface area (Å²) in [4.78, 5) is 27.5. The summed E-state index contributed by atoms with van der Waals surface area (Å²) in [7, 11) is 0. The van der Waals surface area contributed by atoms with E-state index in [1.165, 1.54) is 17.0 Å². The van der Waals surface area contributed by atoms with Gasteiger partial charge in [-0.3, -0.25) is 14.5 Å². The van der Waals surface area contributed by atoms with Crippen LogP contribution in [0.4, 0.5) is 18.9 Å². The molecule has 33 heavy (non-hydrogen) atoms. The van der Waals surface area contributed by atoms with Crippen molar-refractivity contribution < 1.29 is 22.8 Å². The number of nitrogens with zero attached hydrogens (tertiary/aromatic N) is 2. The second-order valence-corrected chi connectivity index (χ2v) is 8.37. The fourth-order valence-corrected chi connectivity index (χ4v) is 3.88. The summed E-state index contributed by atoms with van der Waals surface area (Å²) in [5.41, 5.74) is 0.900. The minimum absolute atomic E-state index is 0.0553. The number of hydrogen-bond acceptors (Lipinski definition) is 3. The van der Waals surface area contributed by atoms with E-state index in [1.807, 2.05) is 19.9 Å². The van der Waals surface area contributed by atoms with Gasteiger partial charge in [0, 0.05) is 35.8 Å². The lowest BCUT2D eigenvalue weighted by molar-refractivity contribution is -0.137. The highest BCUT2D eigenvalue weighted by Crippen LogP contribution is 2.40. The van der Waals surface area contributed by atoms with Crippen molar-refractivity contribution in [2.75, 3.05) is 11.4 Å². The Labute approximate surface area is 190 Å². The minimum atomic E-state index is -4.56. The molecular weight excluding hydrogens is 431 g/mol. The third-order valence-corrected chi connectivity index (χ3v) is 5.49. The molecule has 0 saturated carbocycles. The normalized spacial score (nSPS) is 16.7. The first-order valence-electron chi connectivity index (χ1n) is 10.5. The first kappa shape index (κ1) is 24.1. The first-order chi connectivity index (χ1) is 15.5. The molecule has 1 aliphatic heterocycles. The molecule has 2 aromatic rings. The van der Waals surface area contributed by atoms with E-state index in [9.17, 15) is 22.8 Å². The van der Waals surface area contributed by atoms with Gasteiger partial charge in [0.1, 0.15) is 0 Å². The van der Waals surface area contributed by atoms with Crippen LogP contribution in [-0.4, -0.2) is 18.4 Å². The smallest absolute Gasteiger partial charge is 0.352 e. The van der Waals surface area contributed by atoms with Crippen molar-refractivity contribution in [2.24, 2.45) is 5.92 Å². The molecular formula is C25H24F3N3O2. The molecule has 3 rings (SSSR count). The van der Waals surface area contributed by atoms with Crippen molar-refractivity contribution in [1.29, 1.82) is 5.26 Å². The molecule has 0 bridgehead atoms. The summed E-state index contributed by atoms with van der Waals surface area (Å²) in [6, 6.07) is 13.1. The molecule has 1 aliphatic rings. The van der Waals surface area contributed by atoms with Crippen molar-refractivity contribution in [3.63, 3.8) is 0 Å². The van der Waals surface area contributed by atoms with Gasteiger partial charge in [-0.1, -0.05) is 32.0 Å². The molecule has 2 amide bonds. The molecule has 0 aromatic heterocycles. The molecule has 8 heteroatoms. The summed E-state index contributed by atoms with van der Waals surface area (Å²) in [5.74, 6) is -1.19. The highest BCUT2D eigenvalue weighted by Gasteiger charge is 2.38. The minimum Gasteiger partial charge on any atom is -0.352 e. The Morgan fingerprint density at radius 2 is 1.88 bits per heavy atom. The zero-order valence-electron chi connectivity index (χ0n) is 18.5. The summed E-state index contributed by atoms with van der Waals surface area (Å²) < 4.78 is 39.8. The molecule has 2 aromatic carbocycles. The number of amides is 2. The predicted octanol–water partition coefficient (Wildman–Crippen LogP) is 5.14. The van der Waals surface area contributed by atoms with Gasteiger partial charge in [-0.2, -0.15) is 18.4 Å². The van der Waals surface area contributed by atoms with Crippen LogP contribution < -0.4 is 10.2 Å². The Bertz CT molecular complexity index is 1130. The zero-order chi connectivity index (χ0) is 24.3. The van der Waals surface area contributed by atoms with E-state index in [0.29, 0.717) is 23.2 Å². The summed E-state index contributed by atoms with van der Waals surface area (Å²) >= 11 is 0. The highest BCUT2D eigenvalue weighted by atomic mass is 19.4. The molecule has 0 saturated heterocycles. The molecule has 1 N–H and O–H groups in total. The van der Waals surface area contributed by atoms with Gasteiger partial charge in [-0.25, -0.2) is 0 Å². The zero-order valence-corrected chi connectivity index (χ0v) is 18.5. The third-order valence-electron chi connectivity index (χ3n) is 5.49. The molecule has 0 spiro atoms. The first-order valence-corrected chi connectivity index (χ1v) is 10.5. The Balaban J connectivity index is 2.11. The third kappa shape index (κ3) is 5.25. The van der Waals surface area contributed by atoms with Gasteiger partial charge in [0.15, 0.2) is 0 Å². The van der Waals surface area contributed by atoms with Gasteiger partial charge in [-0.05, 0) is 48.7 Å². The van der Waals surface area contributed by atoms with Crippen LogP contribution in [0.15, 0.2) is 59.8 Å². The number of nitrogens with one attached hydrogen (secondary N) is 1. The van der Waals surface area contributed by atoms with Crippen LogP contribution in [0.1, 0.15) is 49.8 Å². The van der Waals surface area contributed by atoms with Crippen molar-refractivity contribution in [2.45, 2.75) is 39.3 Å². The Hall–Kier alpha value is -3.60. The molecule has 172 valence electrons. The van der Waals surface area contributed by atoms with Crippen molar-refractivity contribution in [3.8, 4) is 6.07 Å². The number of hydrogen-bond donors (Lipinski definition) is 1. The van der Waals surface area contributed by atoms with E-state index in [4.69, 9.17) is 5.26 Å². The van der Waals surface area contributed by atoms with Crippen LogP contribution >= 0.6 is 0 Å². The van der Waals surface area contributed by atoms with Gasteiger partial charge in [0.25, 0.3) is 0 Å². The average molecular weight is 455 g/mol. The number of nitriles is 1. The van der Waals surface area contributed by atoms with Gasteiger partial charge in [0.05, 0.1) is 17.2 Å². The van der Waals surface area contributed by atoms with Crippen molar-refractivity contribution >= 4 is 17.5 Å². The summed E-state index contributed by atoms with van der Waals surface area (Å²) in [6.07, 6.45) is -4.65. The van der Waals surface area contributed by atoms with Gasteiger partial charge < -0.3 is 5.32 Å². The number of carbonyl (C=O) groups excluding carboxylic acids is 2. The number of carbonyl (C=O) groups is 2. The lowest BCUT2D eigenvalue weighted by Crippen LogP contribution is -2.41. The number of halogens is 3. The SMILES string of the molecule is CC1=C(C(=O)NCC(C)C)C(c2ccc(C#N)cc2)CC(=O)N1c1cccc(C(F)(F)F)c1. The Kier molecular flexibility index (Phi) is 6.92. The monoisotopic (exact) mass is 455 g/mol. The number of rotatable bonds is 5. The van der Waals surface area contributed by atoms with Crippen molar-refractivity contribution in [1.82, 2.24) is 5.32 Å². The topological polar surface area (TPSA) is 73.2 Å². The van der Waals surface area contributed by atoms with Crippen LogP contribution in [0.2, 0.25) is 0 Å². The maximum absolute atomic E-state index is 13.3. The summed E-state index contributed by atoms with van der Waals surface area (Å²) in [6.45, 7) is 5.86. The second-order valence-electron chi connectivity index (χ2n) is 8.37. The molecule has 1 unspecified atom stereocenters. The fraction of sp³-hybridized carbons (Fsp3) is 0.320. The fourth-order valence-electron chi connectivity index (χ4n) is 3.88. The van der Waals surface area contributed by atoms with Crippen LogP contribution in [0, 0.1) is 17.2 Å². The quantitative estimate of drug-likeness (QED) is 0.678. The van der Waals surface area contributed by atoms with Crippen molar-refractivity contribution in [3.05, 3.63) is 76.5 Å². The predicted molar refractivity (Wildman–Crippen MR) is 118 cm³/mol. The molecule has 0 aliphatic carbocycles. The molecule has 1 heterocycles. The molecule has 1 atom stereocenters. The lowest BCUT2D eigenvalue weighted by Gasteiger charge is -2.35.